The number of pyridine rings is 1. The maximum Gasteiger partial charge on any atom is 0.338 e. The van der Waals surface area contributed by atoms with E-state index in [0.717, 1.165) is 10.8 Å². The van der Waals surface area contributed by atoms with Gasteiger partial charge in [0.05, 0.1) is 58.6 Å². The molecule has 0 aliphatic carbocycles. The zero-order valence-electron chi connectivity index (χ0n) is 22.2. The molecule has 1 atom stereocenters. The molecule has 0 unspecified atom stereocenters. The van der Waals surface area contributed by atoms with Gasteiger partial charge in [0.15, 0.2) is 0 Å². The molecular weight excluding hydrogens is 502 g/mol. The Morgan fingerprint density at radius 2 is 1.61 bits per heavy atom. The van der Waals surface area contributed by atoms with E-state index in [0.29, 0.717) is 22.4 Å². The second kappa shape index (κ2) is 12.1. The van der Waals surface area contributed by atoms with Crippen molar-refractivity contribution in [3.63, 3.8) is 0 Å². The van der Waals surface area contributed by atoms with E-state index in [9.17, 15) is 9.59 Å². The number of esters is 1. The van der Waals surface area contributed by atoms with E-state index in [4.69, 9.17) is 65.4 Å². The van der Waals surface area contributed by atoms with Crippen LogP contribution in [-0.2, 0) is 26.4 Å². The molecule has 6 nitrogen and oxygen atoms in total. The smallest absolute Gasteiger partial charge is 0.338 e. The fourth-order valence-electron chi connectivity index (χ4n) is 4.33. The predicted octanol–water partition coefficient (Wildman–Crippen LogP) is 0.298. The van der Waals surface area contributed by atoms with Crippen molar-refractivity contribution < 1.29 is 14.3 Å². The molecule has 14 radical (unpaired) electrons. The number of nitrogens with zero attached hydrogens (tertiary/aromatic N) is 1. The highest BCUT2D eigenvalue weighted by molar-refractivity contribution is 6.60. The number of hydrogen-bond donors (Lipinski definition) is 2. The SMILES string of the molecule is [B]c1nccc2cc(NC(=O)[C@H](CN)c3ccc(COC(=O)c4ccc(C([B])([B])[B])cc4C([B])([B])[B])cc3)ccc12. The van der Waals surface area contributed by atoms with Gasteiger partial charge in [-0.3, -0.25) is 9.78 Å². The third-order valence-electron chi connectivity index (χ3n) is 6.57. The van der Waals surface area contributed by atoms with Gasteiger partial charge in [-0.15, -0.1) is 10.2 Å². The number of rotatable bonds is 9. The van der Waals surface area contributed by atoms with Gasteiger partial charge in [-0.05, 0) is 51.8 Å². The lowest BCUT2D eigenvalue weighted by Gasteiger charge is -2.28. The minimum atomic E-state index is -1.88. The molecule has 0 bridgehead atoms. The first kappa shape index (κ1) is 30.4. The Bertz CT molecular complexity index is 1590. The van der Waals surface area contributed by atoms with E-state index in [1.807, 2.05) is 12.1 Å². The monoisotopic (exact) mass is 523 g/mol. The van der Waals surface area contributed by atoms with Crippen LogP contribution in [-0.4, -0.2) is 78.3 Å². The van der Waals surface area contributed by atoms with E-state index in [-0.39, 0.29) is 35.7 Å². The third kappa shape index (κ3) is 7.20. The maximum atomic E-state index is 13.1. The summed E-state index contributed by atoms with van der Waals surface area (Å²) in [4.78, 5) is 30.0. The lowest BCUT2D eigenvalue weighted by atomic mass is 9.37. The summed E-state index contributed by atoms with van der Waals surface area (Å²) in [6.07, 6.45) is 1.61. The fraction of sp³-hybridized carbons (Fsp3) is 0.179. The van der Waals surface area contributed by atoms with Gasteiger partial charge in [-0.1, -0.05) is 53.6 Å². The third-order valence-corrected chi connectivity index (χ3v) is 6.57. The number of fused-ring (bicyclic) bond motifs is 1. The van der Waals surface area contributed by atoms with Crippen LogP contribution in [0.4, 0.5) is 5.69 Å². The van der Waals surface area contributed by atoms with Crippen molar-refractivity contribution in [3.05, 3.63) is 101 Å². The molecule has 1 heterocycles. The van der Waals surface area contributed by atoms with E-state index in [1.165, 1.54) is 18.2 Å². The van der Waals surface area contributed by atoms with Crippen LogP contribution >= 0.6 is 0 Å². The summed E-state index contributed by atoms with van der Waals surface area (Å²) in [7, 11) is 40.7. The summed E-state index contributed by atoms with van der Waals surface area (Å²) in [5, 5.41) is 0.974. The number of benzene rings is 3. The van der Waals surface area contributed by atoms with E-state index >= 15 is 0 Å². The molecule has 186 valence electrons. The number of anilines is 1. The van der Waals surface area contributed by atoms with Crippen molar-refractivity contribution in [1.82, 2.24) is 4.98 Å². The molecule has 1 amide bonds. The average Bonchev–Trinajstić information content (AvgIpc) is 2.91. The maximum absolute atomic E-state index is 13.1. The number of aromatic nitrogens is 1. The van der Waals surface area contributed by atoms with Crippen LogP contribution in [0.15, 0.2) is 72.9 Å². The molecule has 0 spiro atoms. The summed E-state index contributed by atoms with van der Waals surface area (Å²) >= 11 is 0. The first-order chi connectivity index (χ1) is 19.3. The van der Waals surface area contributed by atoms with Gasteiger partial charge < -0.3 is 15.8 Å². The van der Waals surface area contributed by atoms with Crippen LogP contribution in [0, 0.1) is 0 Å². The molecule has 0 aliphatic heterocycles. The molecule has 13 heteroatoms. The van der Waals surface area contributed by atoms with Crippen LogP contribution < -0.4 is 16.6 Å². The number of hydrogen-bond acceptors (Lipinski definition) is 5. The van der Waals surface area contributed by atoms with Crippen molar-refractivity contribution in [2.24, 2.45) is 5.73 Å². The molecule has 41 heavy (non-hydrogen) atoms. The molecule has 0 aliphatic rings. The minimum absolute atomic E-state index is 0.0367. The summed E-state index contributed by atoms with van der Waals surface area (Å²) in [5.41, 5.74) is 8.70. The van der Waals surface area contributed by atoms with E-state index in [1.54, 1.807) is 42.6 Å². The van der Waals surface area contributed by atoms with Crippen LogP contribution in [0.3, 0.4) is 0 Å². The summed E-state index contributed by atoms with van der Waals surface area (Å²) in [6.45, 7) is 0.00821. The highest BCUT2D eigenvalue weighted by atomic mass is 16.5. The number of nitrogens with one attached hydrogen (secondary N) is 1. The van der Waals surface area contributed by atoms with Gasteiger partial charge in [-0.2, -0.15) is 0 Å². The van der Waals surface area contributed by atoms with Crippen LogP contribution in [0.5, 0.6) is 0 Å². The largest absolute Gasteiger partial charge is 0.457 e. The highest BCUT2D eigenvalue weighted by Gasteiger charge is 2.25. The summed E-state index contributed by atoms with van der Waals surface area (Å²) in [5.74, 6) is -1.60. The standard InChI is InChI=1S/C28H20B7N3O3/c29-24-20-8-6-19(11-17(20)9-10-37-24)38-25(39)22(13-36)16-3-1-15(2-4-16)14-41-26(40)21-7-5-18(27(30,31)32)12-23(21)28(33,34)35/h1-12,22H,13-14,36H2,(H,38,39)/t22-/m1/s1. The summed E-state index contributed by atoms with van der Waals surface area (Å²) < 4.78 is 5.46. The minimum Gasteiger partial charge on any atom is -0.457 e. The van der Waals surface area contributed by atoms with Crippen molar-refractivity contribution in [1.29, 1.82) is 0 Å². The van der Waals surface area contributed by atoms with Gasteiger partial charge in [0, 0.05) is 18.4 Å². The Morgan fingerprint density at radius 3 is 2.24 bits per heavy atom. The molecular formula is C28H20B7N3O3. The topological polar surface area (TPSA) is 94.3 Å². The number of nitrogens with two attached hydrogens (primary N) is 1. The molecule has 4 aromatic rings. The van der Waals surface area contributed by atoms with Gasteiger partial charge in [-0.25, -0.2) is 4.79 Å². The lowest BCUT2D eigenvalue weighted by Crippen LogP contribution is -2.32. The Balaban J connectivity index is 1.43. The van der Waals surface area contributed by atoms with Crippen molar-refractivity contribution in [2.75, 3.05) is 11.9 Å². The zero-order valence-corrected chi connectivity index (χ0v) is 22.2. The van der Waals surface area contributed by atoms with E-state index < -0.39 is 22.1 Å². The molecule has 0 fully saturated rings. The van der Waals surface area contributed by atoms with Gasteiger partial charge in [0.2, 0.25) is 5.91 Å². The molecule has 3 N–H and O–H groups in total. The number of amides is 1. The summed E-state index contributed by atoms with van der Waals surface area (Å²) in [6, 6.07) is 18.4. The normalized spacial score (nSPS) is 12.5. The Morgan fingerprint density at radius 1 is 0.902 bits per heavy atom. The Kier molecular flexibility index (Phi) is 8.98. The predicted molar refractivity (Wildman–Crippen MR) is 167 cm³/mol. The second-order valence-corrected chi connectivity index (χ2v) is 9.85. The van der Waals surface area contributed by atoms with Crippen LogP contribution in [0.1, 0.15) is 38.5 Å². The van der Waals surface area contributed by atoms with Crippen LogP contribution in [0.25, 0.3) is 10.8 Å². The van der Waals surface area contributed by atoms with Gasteiger partial charge >= 0.3 is 5.97 Å². The molecule has 4 rings (SSSR count). The Labute approximate surface area is 248 Å². The average molecular weight is 522 g/mol. The van der Waals surface area contributed by atoms with Gasteiger partial charge in [0.25, 0.3) is 0 Å². The first-order valence-corrected chi connectivity index (χ1v) is 12.6. The van der Waals surface area contributed by atoms with Crippen molar-refractivity contribution in [3.8, 4) is 0 Å². The molecule has 1 aromatic heterocycles. The van der Waals surface area contributed by atoms with E-state index in [2.05, 4.69) is 10.3 Å². The fourth-order valence-corrected chi connectivity index (χ4v) is 4.33. The van der Waals surface area contributed by atoms with Crippen molar-refractivity contribution >= 4 is 88.9 Å². The van der Waals surface area contributed by atoms with Gasteiger partial charge in [0.1, 0.15) is 14.5 Å². The number of ether oxygens (including phenoxy) is 1. The van der Waals surface area contributed by atoms with Crippen molar-refractivity contribution in [2.45, 2.75) is 22.8 Å². The molecule has 0 saturated heterocycles. The highest BCUT2D eigenvalue weighted by Crippen LogP contribution is 2.26. The molecule has 3 aromatic carbocycles. The lowest BCUT2D eigenvalue weighted by molar-refractivity contribution is -0.117. The number of carbonyl (C=O) groups excluding carboxylic acids is 2. The Hall–Kier alpha value is -3.58. The first-order valence-electron chi connectivity index (χ1n) is 12.6. The second-order valence-electron chi connectivity index (χ2n) is 9.85. The molecule has 0 saturated carbocycles. The number of carbonyl (C=O) groups is 2. The van der Waals surface area contributed by atoms with Crippen LogP contribution in [0.2, 0.25) is 0 Å². The quantitative estimate of drug-likeness (QED) is 0.244. The zero-order chi connectivity index (χ0) is 29.9.